The number of carbonyl (C=O) groups excluding carboxylic acids is 1. The summed E-state index contributed by atoms with van der Waals surface area (Å²) in [6, 6.07) is 7.61. The second kappa shape index (κ2) is 4.94. The number of rotatable bonds is 2. The van der Waals surface area contributed by atoms with Gasteiger partial charge in [-0.05, 0) is 17.5 Å². The fourth-order valence-corrected chi connectivity index (χ4v) is 2.13. The molecular formula is C14H14ClNO2. The molecule has 1 aromatic carbocycles. The smallest absolute Gasteiger partial charge is 0.341 e. The molecule has 2 aromatic rings. The molecule has 0 bridgehead atoms. The first-order valence-corrected chi connectivity index (χ1v) is 6.10. The van der Waals surface area contributed by atoms with Crippen molar-refractivity contribution in [3.05, 3.63) is 40.5 Å². The lowest BCUT2D eigenvalue weighted by Gasteiger charge is -2.10. The van der Waals surface area contributed by atoms with Crippen LogP contribution in [0.5, 0.6) is 0 Å². The number of carbonyl (C=O) groups is 1. The Labute approximate surface area is 111 Å². The van der Waals surface area contributed by atoms with Gasteiger partial charge in [0, 0.05) is 5.39 Å². The number of fused-ring (bicyclic) bond motifs is 1. The van der Waals surface area contributed by atoms with Gasteiger partial charge >= 0.3 is 5.97 Å². The van der Waals surface area contributed by atoms with E-state index >= 15 is 0 Å². The molecule has 3 nitrogen and oxygen atoms in total. The van der Waals surface area contributed by atoms with E-state index in [1.165, 1.54) is 7.11 Å². The average Bonchev–Trinajstić information content (AvgIpc) is 2.36. The van der Waals surface area contributed by atoms with Crippen LogP contribution in [0.3, 0.4) is 0 Å². The number of para-hydroxylation sites is 1. The van der Waals surface area contributed by atoms with Crippen LogP contribution in [0.4, 0.5) is 0 Å². The number of pyridine rings is 1. The van der Waals surface area contributed by atoms with E-state index in [4.69, 9.17) is 11.6 Å². The van der Waals surface area contributed by atoms with E-state index in [0.29, 0.717) is 11.5 Å². The Morgan fingerprint density at radius 3 is 2.72 bits per heavy atom. The van der Waals surface area contributed by atoms with Crippen molar-refractivity contribution in [3.63, 3.8) is 0 Å². The van der Waals surface area contributed by atoms with Crippen molar-refractivity contribution >= 4 is 28.5 Å². The van der Waals surface area contributed by atoms with E-state index in [2.05, 4.69) is 23.6 Å². The Kier molecular flexibility index (Phi) is 3.53. The molecule has 0 amide bonds. The Morgan fingerprint density at radius 1 is 1.39 bits per heavy atom. The largest absolute Gasteiger partial charge is 0.465 e. The molecule has 0 aliphatic rings. The standard InChI is InChI=1S/C14H14ClNO2/c1-8(2)10-6-4-5-9-7-11(14(17)18-3)13(15)16-12(9)10/h4-8H,1-3H3. The molecule has 0 fully saturated rings. The number of nitrogens with zero attached hydrogens (tertiary/aromatic N) is 1. The van der Waals surface area contributed by atoms with Crippen LogP contribution in [0, 0.1) is 0 Å². The van der Waals surface area contributed by atoms with Gasteiger partial charge in [-0.25, -0.2) is 9.78 Å². The number of halogens is 1. The number of methoxy groups -OCH3 is 1. The molecule has 94 valence electrons. The number of esters is 1. The molecular weight excluding hydrogens is 250 g/mol. The lowest BCUT2D eigenvalue weighted by atomic mass is 9.99. The Hall–Kier alpha value is -1.61. The third-order valence-electron chi connectivity index (χ3n) is 2.86. The Morgan fingerprint density at radius 2 is 2.11 bits per heavy atom. The summed E-state index contributed by atoms with van der Waals surface area (Å²) < 4.78 is 4.68. The molecule has 0 unspecified atom stereocenters. The van der Waals surface area contributed by atoms with Gasteiger partial charge in [-0.3, -0.25) is 0 Å². The number of hydrogen-bond acceptors (Lipinski definition) is 3. The normalized spacial score (nSPS) is 10.9. The zero-order valence-electron chi connectivity index (χ0n) is 10.5. The van der Waals surface area contributed by atoms with E-state index < -0.39 is 5.97 Å². The molecule has 0 spiro atoms. The van der Waals surface area contributed by atoms with Crippen molar-refractivity contribution in [2.75, 3.05) is 7.11 Å². The average molecular weight is 264 g/mol. The third kappa shape index (κ3) is 2.18. The van der Waals surface area contributed by atoms with Crippen LogP contribution in [0.15, 0.2) is 24.3 Å². The van der Waals surface area contributed by atoms with Gasteiger partial charge in [0.25, 0.3) is 0 Å². The molecule has 4 heteroatoms. The molecule has 0 radical (unpaired) electrons. The van der Waals surface area contributed by atoms with Crippen LogP contribution in [0.25, 0.3) is 10.9 Å². The summed E-state index contributed by atoms with van der Waals surface area (Å²) in [6.07, 6.45) is 0. The van der Waals surface area contributed by atoms with E-state index in [1.54, 1.807) is 6.07 Å². The first-order valence-electron chi connectivity index (χ1n) is 5.72. The quantitative estimate of drug-likeness (QED) is 0.611. The maximum atomic E-state index is 11.6. The van der Waals surface area contributed by atoms with Gasteiger partial charge in [-0.1, -0.05) is 43.6 Å². The minimum Gasteiger partial charge on any atom is -0.465 e. The topological polar surface area (TPSA) is 39.2 Å². The van der Waals surface area contributed by atoms with Crippen molar-refractivity contribution in [2.24, 2.45) is 0 Å². The van der Waals surface area contributed by atoms with E-state index in [9.17, 15) is 4.79 Å². The summed E-state index contributed by atoms with van der Waals surface area (Å²) in [6.45, 7) is 4.19. The van der Waals surface area contributed by atoms with Gasteiger partial charge in [0.2, 0.25) is 0 Å². The molecule has 0 atom stereocenters. The first-order chi connectivity index (χ1) is 8.54. The monoisotopic (exact) mass is 263 g/mol. The summed E-state index contributed by atoms with van der Waals surface area (Å²) in [4.78, 5) is 15.9. The van der Waals surface area contributed by atoms with Crippen LogP contribution in [-0.4, -0.2) is 18.1 Å². The fraction of sp³-hybridized carbons (Fsp3) is 0.286. The summed E-state index contributed by atoms with van der Waals surface area (Å²) in [5.41, 5.74) is 2.25. The summed E-state index contributed by atoms with van der Waals surface area (Å²) >= 11 is 6.04. The Bertz CT molecular complexity index is 608. The maximum absolute atomic E-state index is 11.6. The van der Waals surface area contributed by atoms with Crippen molar-refractivity contribution in [2.45, 2.75) is 19.8 Å². The molecule has 1 heterocycles. The molecule has 0 saturated carbocycles. The molecule has 1 aromatic heterocycles. The second-order valence-corrected chi connectivity index (χ2v) is 4.75. The SMILES string of the molecule is COC(=O)c1cc2cccc(C(C)C)c2nc1Cl. The highest BCUT2D eigenvalue weighted by molar-refractivity contribution is 6.33. The van der Waals surface area contributed by atoms with Crippen LogP contribution in [-0.2, 0) is 4.74 Å². The molecule has 18 heavy (non-hydrogen) atoms. The summed E-state index contributed by atoms with van der Waals surface area (Å²) in [5, 5.41) is 1.08. The second-order valence-electron chi connectivity index (χ2n) is 4.39. The molecule has 0 saturated heterocycles. The number of aromatic nitrogens is 1. The highest BCUT2D eigenvalue weighted by atomic mass is 35.5. The molecule has 0 aliphatic carbocycles. The summed E-state index contributed by atoms with van der Waals surface area (Å²) in [5.74, 6) is -0.120. The molecule has 2 rings (SSSR count). The summed E-state index contributed by atoms with van der Waals surface area (Å²) in [7, 11) is 1.33. The number of benzene rings is 1. The number of hydrogen-bond donors (Lipinski definition) is 0. The molecule has 0 aliphatic heterocycles. The molecule has 0 N–H and O–H groups in total. The van der Waals surface area contributed by atoms with Gasteiger partial charge < -0.3 is 4.74 Å². The third-order valence-corrected chi connectivity index (χ3v) is 3.15. The Balaban J connectivity index is 2.71. The van der Waals surface area contributed by atoms with Crippen molar-refractivity contribution in [3.8, 4) is 0 Å². The van der Waals surface area contributed by atoms with Crippen molar-refractivity contribution in [1.82, 2.24) is 4.98 Å². The highest BCUT2D eigenvalue weighted by Crippen LogP contribution is 2.27. The van der Waals surface area contributed by atoms with Crippen LogP contribution < -0.4 is 0 Å². The lowest BCUT2D eigenvalue weighted by molar-refractivity contribution is 0.0600. The minimum absolute atomic E-state index is 0.183. The zero-order chi connectivity index (χ0) is 13.3. The van der Waals surface area contributed by atoms with Gasteiger partial charge in [0.15, 0.2) is 0 Å². The lowest BCUT2D eigenvalue weighted by Crippen LogP contribution is -2.04. The predicted octanol–water partition coefficient (Wildman–Crippen LogP) is 3.80. The fourth-order valence-electron chi connectivity index (χ4n) is 1.92. The maximum Gasteiger partial charge on any atom is 0.341 e. The van der Waals surface area contributed by atoms with Crippen molar-refractivity contribution in [1.29, 1.82) is 0 Å². The van der Waals surface area contributed by atoms with Gasteiger partial charge in [0.05, 0.1) is 18.2 Å². The van der Waals surface area contributed by atoms with Crippen molar-refractivity contribution < 1.29 is 9.53 Å². The van der Waals surface area contributed by atoms with Crippen LogP contribution in [0.2, 0.25) is 5.15 Å². The van der Waals surface area contributed by atoms with Crippen LogP contribution in [0.1, 0.15) is 35.7 Å². The van der Waals surface area contributed by atoms with Crippen LogP contribution >= 0.6 is 11.6 Å². The van der Waals surface area contributed by atoms with Gasteiger partial charge in [-0.15, -0.1) is 0 Å². The van der Waals surface area contributed by atoms with Gasteiger partial charge in [-0.2, -0.15) is 0 Å². The first kappa shape index (κ1) is 12.8. The van der Waals surface area contributed by atoms with E-state index in [0.717, 1.165) is 16.5 Å². The van der Waals surface area contributed by atoms with E-state index in [-0.39, 0.29) is 5.15 Å². The highest BCUT2D eigenvalue weighted by Gasteiger charge is 2.15. The minimum atomic E-state index is -0.468. The predicted molar refractivity (Wildman–Crippen MR) is 72.2 cm³/mol. The number of ether oxygens (including phenoxy) is 1. The van der Waals surface area contributed by atoms with E-state index in [1.807, 2.05) is 18.2 Å². The zero-order valence-corrected chi connectivity index (χ0v) is 11.3. The van der Waals surface area contributed by atoms with Gasteiger partial charge in [0.1, 0.15) is 5.15 Å².